The van der Waals surface area contributed by atoms with Crippen molar-refractivity contribution in [2.24, 2.45) is 5.92 Å². The van der Waals surface area contributed by atoms with Crippen molar-refractivity contribution in [1.29, 1.82) is 0 Å². The highest BCUT2D eigenvalue weighted by Gasteiger charge is 2.33. The summed E-state index contributed by atoms with van der Waals surface area (Å²) in [4.78, 5) is 41.0. The second-order valence-corrected chi connectivity index (χ2v) is 11.8. The minimum atomic E-state index is -3.34. The molecule has 0 aliphatic heterocycles. The fourth-order valence-corrected chi connectivity index (χ4v) is 5.04. The van der Waals surface area contributed by atoms with Gasteiger partial charge in [0.05, 0.1) is 29.0 Å². The molecule has 4 aromatic rings. The van der Waals surface area contributed by atoms with Gasteiger partial charge in [-0.15, -0.1) is 0 Å². The third kappa shape index (κ3) is 4.68. The van der Waals surface area contributed by atoms with Crippen molar-refractivity contribution in [2.45, 2.75) is 56.0 Å². The monoisotopic (exact) mass is 518 g/mol. The van der Waals surface area contributed by atoms with E-state index in [0.717, 1.165) is 37.6 Å². The van der Waals surface area contributed by atoms with Gasteiger partial charge in [0.15, 0.2) is 26.9 Å². The van der Waals surface area contributed by atoms with Crippen LogP contribution in [0, 0.1) is 5.92 Å². The summed E-state index contributed by atoms with van der Waals surface area (Å²) >= 11 is 0. The van der Waals surface area contributed by atoms with Crippen molar-refractivity contribution in [2.75, 3.05) is 11.6 Å². The molecule has 2 saturated carbocycles. The van der Waals surface area contributed by atoms with Crippen molar-refractivity contribution in [3.05, 3.63) is 58.7 Å². The zero-order valence-corrected chi connectivity index (χ0v) is 21.3. The van der Waals surface area contributed by atoms with Crippen LogP contribution in [-0.4, -0.2) is 49.1 Å². The minimum absolute atomic E-state index is 0.0694. The first-order chi connectivity index (χ1) is 17.8. The number of nitrogens with zero attached hydrogens (tertiary/aromatic N) is 7. The molecule has 2 aliphatic carbocycles. The number of sulfone groups is 1. The number of pyridine rings is 1. The SMILES string of the molecule is C[C@@H](C1CC1)n1c(=O)c(NCc2ccc(S(C)(=O)=O)cn2)nc2ncc(-c3nccnc3C3CC3)nc21. The van der Waals surface area contributed by atoms with E-state index in [1.54, 1.807) is 29.2 Å². The lowest BCUT2D eigenvalue weighted by Crippen LogP contribution is -2.29. The minimum Gasteiger partial charge on any atom is -0.360 e. The molecule has 4 heterocycles. The van der Waals surface area contributed by atoms with Crippen LogP contribution in [0.1, 0.15) is 56.0 Å². The fraction of sp³-hybridized carbons (Fsp3) is 0.400. The van der Waals surface area contributed by atoms with Gasteiger partial charge in [0.1, 0.15) is 11.4 Å². The van der Waals surface area contributed by atoms with Gasteiger partial charge in [0.2, 0.25) is 0 Å². The highest BCUT2D eigenvalue weighted by Crippen LogP contribution is 2.42. The maximum Gasteiger partial charge on any atom is 0.295 e. The number of nitrogens with one attached hydrogen (secondary N) is 1. The molecule has 0 unspecified atom stereocenters. The Morgan fingerprint density at radius 1 is 1.03 bits per heavy atom. The van der Waals surface area contributed by atoms with Gasteiger partial charge in [-0.2, -0.15) is 0 Å². The van der Waals surface area contributed by atoms with Gasteiger partial charge in [0.25, 0.3) is 5.56 Å². The van der Waals surface area contributed by atoms with Gasteiger partial charge in [-0.25, -0.2) is 23.4 Å². The summed E-state index contributed by atoms with van der Waals surface area (Å²) in [5, 5.41) is 3.07. The number of hydrogen-bond acceptors (Lipinski definition) is 10. The molecule has 0 spiro atoms. The summed E-state index contributed by atoms with van der Waals surface area (Å²) in [5.74, 6) is 0.929. The zero-order chi connectivity index (χ0) is 25.7. The Morgan fingerprint density at radius 3 is 2.49 bits per heavy atom. The van der Waals surface area contributed by atoms with Gasteiger partial charge < -0.3 is 5.32 Å². The first-order valence-corrected chi connectivity index (χ1v) is 14.2. The molecule has 4 aromatic heterocycles. The average Bonchev–Trinajstić information content (AvgIpc) is 3.80. The van der Waals surface area contributed by atoms with Crippen LogP contribution in [0.15, 0.2) is 46.6 Å². The van der Waals surface area contributed by atoms with Crippen LogP contribution < -0.4 is 10.9 Å². The van der Waals surface area contributed by atoms with Crippen LogP contribution in [0.3, 0.4) is 0 Å². The zero-order valence-electron chi connectivity index (χ0n) is 20.5. The average molecular weight is 519 g/mol. The van der Waals surface area contributed by atoms with Crippen LogP contribution in [0.2, 0.25) is 0 Å². The molecule has 0 amide bonds. The van der Waals surface area contributed by atoms with E-state index in [1.807, 2.05) is 6.92 Å². The molecule has 6 rings (SSSR count). The molecule has 12 heteroatoms. The lowest BCUT2D eigenvalue weighted by molar-refractivity contribution is 0.482. The maximum atomic E-state index is 13.6. The quantitative estimate of drug-likeness (QED) is 0.369. The molecule has 1 atom stereocenters. The van der Waals surface area contributed by atoms with Crippen LogP contribution in [0.4, 0.5) is 5.82 Å². The standard InChI is InChI=1S/C25H26N8O3S/c1-14(15-3-4-15)33-24-22(30-13-19(31-24)21-20(16-5-6-16)26-9-10-27-21)32-23(25(33)34)29-11-17-7-8-18(12-28-17)37(2,35)36/h7-10,12-16H,3-6,11H2,1-2H3,(H,29,30,32)/t14-/m0/s1. The largest absolute Gasteiger partial charge is 0.360 e. The molecule has 190 valence electrons. The smallest absolute Gasteiger partial charge is 0.295 e. The molecular weight excluding hydrogens is 492 g/mol. The number of fused-ring (bicyclic) bond motifs is 1. The summed E-state index contributed by atoms with van der Waals surface area (Å²) in [6.45, 7) is 2.23. The number of anilines is 1. The van der Waals surface area contributed by atoms with Crippen molar-refractivity contribution >= 4 is 26.9 Å². The Morgan fingerprint density at radius 2 is 1.81 bits per heavy atom. The molecular formula is C25H26N8O3S. The maximum absolute atomic E-state index is 13.6. The summed E-state index contributed by atoms with van der Waals surface area (Å²) in [7, 11) is -3.34. The number of hydrogen-bond donors (Lipinski definition) is 1. The van der Waals surface area contributed by atoms with Crippen LogP contribution >= 0.6 is 0 Å². The summed E-state index contributed by atoms with van der Waals surface area (Å²) in [6.07, 6.45) is 11.7. The second kappa shape index (κ2) is 8.94. The van der Waals surface area contributed by atoms with E-state index in [1.165, 1.54) is 12.3 Å². The topological polar surface area (TPSA) is 146 Å². The first-order valence-electron chi connectivity index (χ1n) is 12.3. The predicted octanol–water partition coefficient (Wildman–Crippen LogP) is 2.90. The Bertz CT molecular complexity index is 1660. The highest BCUT2D eigenvalue weighted by atomic mass is 32.2. The number of aromatic nitrogens is 7. The molecule has 37 heavy (non-hydrogen) atoms. The second-order valence-electron chi connectivity index (χ2n) is 9.79. The third-order valence-electron chi connectivity index (χ3n) is 6.91. The van der Waals surface area contributed by atoms with E-state index in [4.69, 9.17) is 4.98 Å². The lowest BCUT2D eigenvalue weighted by Gasteiger charge is -2.18. The van der Waals surface area contributed by atoms with E-state index in [2.05, 4.69) is 30.2 Å². The lowest BCUT2D eigenvalue weighted by atomic mass is 10.1. The molecule has 0 aromatic carbocycles. The van der Waals surface area contributed by atoms with Gasteiger partial charge >= 0.3 is 0 Å². The normalized spacial score (nSPS) is 16.6. The summed E-state index contributed by atoms with van der Waals surface area (Å²) in [6, 6.07) is 3.04. The predicted molar refractivity (Wildman–Crippen MR) is 137 cm³/mol. The van der Waals surface area contributed by atoms with E-state index in [9.17, 15) is 13.2 Å². The first kappa shape index (κ1) is 23.6. The van der Waals surface area contributed by atoms with Gasteiger partial charge in [-0.05, 0) is 50.7 Å². The van der Waals surface area contributed by atoms with E-state index >= 15 is 0 Å². The molecule has 0 radical (unpaired) electrons. The molecule has 1 N–H and O–H groups in total. The van der Waals surface area contributed by atoms with E-state index in [-0.39, 0.29) is 28.9 Å². The Balaban J connectivity index is 1.38. The fourth-order valence-electron chi connectivity index (χ4n) is 4.48. The van der Waals surface area contributed by atoms with Crippen LogP contribution in [0.25, 0.3) is 22.7 Å². The van der Waals surface area contributed by atoms with Crippen molar-refractivity contribution in [3.63, 3.8) is 0 Å². The summed E-state index contributed by atoms with van der Waals surface area (Å²) < 4.78 is 25.1. The van der Waals surface area contributed by atoms with Gasteiger partial charge in [0, 0.05) is 36.8 Å². The molecule has 0 saturated heterocycles. The molecule has 11 nitrogen and oxygen atoms in total. The molecule has 0 bridgehead atoms. The van der Waals surface area contributed by atoms with Gasteiger partial charge in [-0.3, -0.25) is 24.3 Å². The highest BCUT2D eigenvalue weighted by molar-refractivity contribution is 7.90. The van der Waals surface area contributed by atoms with E-state index < -0.39 is 9.84 Å². The molecule has 2 fully saturated rings. The van der Waals surface area contributed by atoms with Crippen molar-refractivity contribution < 1.29 is 8.42 Å². The Hall–Kier alpha value is -3.80. The third-order valence-corrected chi connectivity index (χ3v) is 8.01. The van der Waals surface area contributed by atoms with Crippen LogP contribution in [0.5, 0.6) is 0 Å². The Kier molecular flexibility index (Phi) is 5.70. The summed E-state index contributed by atoms with van der Waals surface area (Å²) in [5.41, 5.74) is 3.27. The van der Waals surface area contributed by atoms with Crippen molar-refractivity contribution in [1.82, 2.24) is 34.5 Å². The van der Waals surface area contributed by atoms with Crippen molar-refractivity contribution in [3.8, 4) is 11.4 Å². The molecule has 2 aliphatic rings. The van der Waals surface area contributed by atoms with Crippen LogP contribution in [-0.2, 0) is 16.4 Å². The van der Waals surface area contributed by atoms with Gasteiger partial charge in [-0.1, -0.05) is 0 Å². The van der Waals surface area contributed by atoms with E-state index in [0.29, 0.717) is 40.2 Å². The number of rotatable bonds is 8. The Labute approximate surface area is 213 Å².